The van der Waals surface area contributed by atoms with Gasteiger partial charge >= 0.3 is 13.8 Å². The summed E-state index contributed by atoms with van der Waals surface area (Å²) in [5, 5.41) is 12.7. The van der Waals surface area contributed by atoms with Crippen molar-refractivity contribution in [2.75, 3.05) is 26.4 Å². The number of aliphatic hydroxyl groups is 1. The first-order valence-electron chi connectivity index (χ1n) is 22.3. The quantitative estimate of drug-likeness (QED) is 0.0241. The molecule has 0 saturated carbocycles. The van der Waals surface area contributed by atoms with Gasteiger partial charge in [-0.3, -0.25) is 18.6 Å². The Balaban J connectivity index is 3.63. The normalized spacial score (nSPS) is 13.9. The van der Waals surface area contributed by atoms with E-state index in [9.17, 15) is 24.2 Å². The first-order valence-corrected chi connectivity index (χ1v) is 23.8. The second kappa shape index (κ2) is 42.3. The number of ether oxygens (including phenoxy) is 1. The molecule has 0 aliphatic heterocycles. The number of unbranched alkanes of at least 4 members (excludes halogenated alkanes) is 18. The molecule has 0 heterocycles. The number of aliphatic hydroxyl groups excluding tert-OH is 1. The molecule has 324 valence electrons. The molecule has 0 aromatic heterocycles. The van der Waals surface area contributed by atoms with E-state index in [1.54, 1.807) is 0 Å². The van der Waals surface area contributed by atoms with Crippen LogP contribution in [-0.2, 0) is 27.9 Å². The largest absolute Gasteiger partial charge is 0.472 e. The highest BCUT2D eigenvalue weighted by atomic mass is 31.2. The van der Waals surface area contributed by atoms with Crippen molar-refractivity contribution in [3.8, 4) is 0 Å². The molecule has 0 fully saturated rings. The minimum absolute atomic E-state index is 0.0708. The summed E-state index contributed by atoms with van der Waals surface area (Å²) < 4.78 is 26.9. The SMILES string of the molecule is CCCC/C=C\C/C=C\CCCCCCCC(=O)NCCOP(=O)(O)OCC(O)COC(=O)CCCCCCCCCC/C=C\C/C=C\C/C=C\CCCCC. The molecule has 0 aromatic carbocycles. The van der Waals surface area contributed by atoms with E-state index in [1.807, 2.05) is 0 Å². The molecule has 2 unspecified atom stereocenters. The molecule has 0 radical (unpaired) electrons. The molecule has 0 saturated heterocycles. The summed E-state index contributed by atoms with van der Waals surface area (Å²) in [6.45, 7) is 3.45. The summed E-state index contributed by atoms with van der Waals surface area (Å²) in [6, 6.07) is 0. The number of rotatable bonds is 41. The second-order valence-corrected chi connectivity index (χ2v) is 16.1. The monoisotopic (exact) mass is 808 g/mol. The minimum Gasteiger partial charge on any atom is -0.463 e. The Hall–Kier alpha value is -2.29. The lowest BCUT2D eigenvalue weighted by molar-refractivity contribution is -0.147. The van der Waals surface area contributed by atoms with Gasteiger partial charge in [0.1, 0.15) is 12.7 Å². The molecule has 56 heavy (non-hydrogen) atoms. The Labute approximate surface area is 342 Å². The minimum atomic E-state index is -4.42. The van der Waals surface area contributed by atoms with E-state index in [4.69, 9.17) is 13.8 Å². The predicted octanol–water partition coefficient (Wildman–Crippen LogP) is 12.5. The van der Waals surface area contributed by atoms with Gasteiger partial charge in [0.15, 0.2) is 0 Å². The Morgan fingerprint density at radius 2 is 0.982 bits per heavy atom. The molecule has 0 aliphatic rings. The molecule has 0 bridgehead atoms. The van der Waals surface area contributed by atoms with Crippen LogP contribution in [0.3, 0.4) is 0 Å². The van der Waals surface area contributed by atoms with Crippen LogP contribution in [0.1, 0.15) is 187 Å². The van der Waals surface area contributed by atoms with Gasteiger partial charge in [0, 0.05) is 19.4 Å². The number of hydrogen-bond donors (Lipinski definition) is 3. The maximum absolute atomic E-state index is 12.1. The summed E-state index contributed by atoms with van der Waals surface area (Å²) >= 11 is 0. The Bertz CT molecular complexity index is 1100. The van der Waals surface area contributed by atoms with E-state index >= 15 is 0 Å². The molecular formula is C46H82NO8P. The van der Waals surface area contributed by atoms with Gasteiger partial charge in [0.05, 0.1) is 13.2 Å². The zero-order valence-electron chi connectivity index (χ0n) is 35.6. The standard InChI is InChI=1S/C46H82NO8P/c1-3-5-7-9-11-13-15-17-19-20-21-22-23-24-25-27-29-31-33-35-37-39-46(50)53-42-44(48)43-55-56(51,52)54-41-40-47-45(49)38-36-34-32-30-28-26-18-16-14-12-10-8-6-4-2/h10-13,16-19,21-22,44,48H,3-9,14-15,20,23-43H2,1-2H3,(H,47,49)(H,51,52)/b12-10-,13-11-,18-16-,19-17-,22-21-. The topological polar surface area (TPSA) is 131 Å². The van der Waals surface area contributed by atoms with Crippen molar-refractivity contribution in [3.05, 3.63) is 60.8 Å². The molecule has 2 atom stereocenters. The Kier molecular flexibility index (Phi) is 40.6. The van der Waals surface area contributed by atoms with E-state index in [0.29, 0.717) is 6.42 Å². The number of phosphoric acid groups is 1. The molecule has 0 rings (SSSR count). The van der Waals surface area contributed by atoms with E-state index in [-0.39, 0.29) is 32.1 Å². The molecule has 1 amide bonds. The predicted molar refractivity (Wildman–Crippen MR) is 233 cm³/mol. The van der Waals surface area contributed by atoms with Crippen molar-refractivity contribution < 1.29 is 37.9 Å². The van der Waals surface area contributed by atoms with Crippen LogP contribution in [-0.4, -0.2) is 54.3 Å². The van der Waals surface area contributed by atoms with E-state index in [1.165, 1.54) is 70.6 Å². The molecule has 0 aliphatic carbocycles. The summed E-state index contributed by atoms with van der Waals surface area (Å²) in [5.74, 6) is -0.541. The van der Waals surface area contributed by atoms with Crippen molar-refractivity contribution >= 4 is 19.7 Å². The zero-order valence-corrected chi connectivity index (χ0v) is 36.5. The lowest BCUT2D eigenvalue weighted by Gasteiger charge is -2.15. The molecular weight excluding hydrogens is 725 g/mol. The van der Waals surface area contributed by atoms with Crippen molar-refractivity contribution in [3.63, 3.8) is 0 Å². The van der Waals surface area contributed by atoms with E-state index in [0.717, 1.165) is 89.9 Å². The fourth-order valence-corrected chi connectivity index (χ4v) is 6.51. The van der Waals surface area contributed by atoms with Crippen LogP contribution < -0.4 is 5.32 Å². The fraction of sp³-hybridized carbons (Fsp3) is 0.739. The van der Waals surface area contributed by atoms with Crippen molar-refractivity contribution in [1.29, 1.82) is 0 Å². The third-order valence-electron chi connectivity index (χ3n) is 9.17. The smallest absolute Gasteiger partial charge is 0.463 e. The number of carbonyl (C=O) groups excluding carboxylic acids is 2. The van der Waals surface area contributed by atoms with Crippen molar-refractivity contribution in [2.24, 2.45) is 0 Å². The van der Waals surface area contributed by atoms with Crippen LogP contribution >= 0.6 is 7.82 Å². The van der Waals surface area contributed by atoms with Crippen LogP contribution in [0.4, 0.5) is 0 Å². The van der Waals surface area contributed by atoms with E-state index < -0.39 is 26.5 Å². The summed E-state index contributed by atoms with van der Waals surface area (Å²) in [5.41, 5.74) is 0. The van der Waals surface area contributed by atoms with Gasteiger partial charge in [-0.2, -0.15) is 0 Å². The molecule has 3 N–H and O–H groups in total. The third kappa shape index (κ3) is 42.8. The van der Waals surface area contributed by atoms with Gasteiger partial charge in [-0.25, -0.2) is 4.57 Å². The summed E-state index contributed by atoms with van der Waals surface area (Å²) in [6.07, 6.45) is 50.0. The second-order valence-electron chi connectivity index (χ2n) is 14.7. The van der Waals surface area contributed by atoms with Gasteiger partial charge in [-0.15, -0.1) is 0 Å². The van der Waals surface area contributed by atoms with Crippen LogP contribution in [0.25, 0.3) is 0 Å². The fourth-order valence-electron chi connectivity index (χ4n) is 5.76. The van der Waals surface area contributed by atoms with Crippen LogP contribution in [0.15, 0.2) is 60.8 Å². The van der Waals surface area contributed by atoms with Gasteiger partial charge < -0.3 is 20.1 Å². The van der Waals surface area contributed by atoms with E-state index in [2.05, 4.69) is 79.9 Å². The Morgan fingerprint density at radius 1 is 0.554 bits per heavy atom. The number of phosphoric ester groups is 1. The maximum Gasteiger partial charge on any atom is 0.472 e. The number of esters is 1. The lowest BCUT2D eigenvalue weighted by Crippen LogP contribution is -2.27. The van der Waals surface area contributed by atoms with Crippen molar-refractivity contribution in [1.82, 2.24) is 5.32 Å². The van der Waals surface area contributed by atoms with Gasteiger partial charge in [-0.05, 0) is 77.0 Å². The highest BCUT2D eigenvalue weighted by Crippen LogP contribution is 2.42. The van der Waals surface area contributed by atoms with Gasteiger partial charge in [-0.1, -0.05) is 158 Å². The van der Waals surface area contributed by atoms with Crippen molar-refractivity contribution in [2.45, 2.75) is 193 Å². The molecule has 9 nitrogen and oxygen atoms in total. The number of allylic oxidation sites excluding steroid dienone is 10. The average molecular weight is 808 g/mol. The van der Waals surface area contributed by atoms with Gasteiger partial charge in [0.25, 0.3) is 0 Å². The van der Waals surface area contributed by atoms with Crippen LogP contribution in [0.2, 0.25) is 0 Å². The van der Waals surface area contributed by atoms with Crippen LogP contribution in [0.5, 0.6) is 0 Å². The summed E-state index contributed by atoms with van der Waals surface area (Å²) in [4.78, 5) is 33.9. The molecule has 0 spiro atoms. The number of hydrogen-bond acceptors (Lipinski definition) is 7. The number of nitrogens with one attached hydrogen (secondary N) is 1. The third-order valence-corrected chi connectivity index (χ3v) is 10.2. The first-order chi connectivity index (χ1) is 27.3. The average Bonchev–Trinajstić information content (AvgIpc) is 3.18. The highest BCUT2D eigenvalue weighted by molar-refractivity contribution is 7.47. The maximum atomic E-state index is 12.1. The Morgan fingerprint density at radius 3 is 1.50 bits per heavy atom. The first kappa shape index (κ1) is 53.7. The molecule has 0 aromatic rings. The zero-order chi connectivity index (χ0) is 41.1. The van der Waals surface area contributed by atoms with Gasteiger partial charge in [0.2, 0.25) is 5.91 Å². The number of amides is 1. The highest BCUT2D eigenvalue weighted by Gasteiger charge is 2.23. The lowest BCUT2D eigenvalue weighted by atomic mass is 10.1. The van der Waals surface area contributed by atoms with Crippen LogP contribution in [0, 0.1) is 0 Å². The molecule has 10 heteroatoms. The number of carbonyl (C=O) groups is 2. The summed E-state index contributed by atoms with van der Waals surface area (Å²) in [7, 11) is -4.42.